The summed E-state index contributed by atoms with van der Waals surface area (Å²) in [6.07, 6.45) is 1.16. The maximum atomic E-state index is 13.4. The minimum Gasteiger partial charge on any atom is -0.360 e. The van der Waals surface area contributed by atoms with E-state index in [1.54, 1.807) is 13.0 Å². The number of aromatic amines is 1. The van der Waals surface area contributed by atoms with E-state index >= 15 is 0 Å². The van der Waals surface area contributed by atoms with Gasteiger partial charge >= 0.3 is 0 Å². The van der Waals surface area contributed by atoms with Crippen LogP contribution in [0.1, 0.15) is 11.1 Å². The van der Waals surface area contributed by atoms with Gasteiger partial charge in [0.15, 0.2) is 0 Å². The van der Waals surface area contributed by atoms with Crippen LogP contribution in [0.2, 0.25) is 0 Å². The molecular formula is C17H14FNO3S. The normalized spacial score (nSPS) is 11.8. The second-order valence-electron chi connectivity index (χ2n) is 5.42. The number of hydrogen-bond acceptors (Lipinski definition) is 3. The van der Waals surface area contributed by atoms with E-state index < -0.39 is 21.1 Å². The Morgan fingerprint density at radius 1 is 1.00 bits per heavy atom. The number of aryl methyl sites for hydroxylation is 2. The van der Waals surface area contributed by atoms with Crippen molar-refractivity contribution in [2.24, 2.45) is 0 Å². The van der Waals surface area contributed by atoms with Gasteiger partial charge < -0.3 is 4.98 Å². The van der Waals surface area contributed by atoms with E-state index in [2.05, 4.69) is 4.98 Å². The average Bonchev–Trinajstić information content (AvgIpc) is 2.50. The fourth-order valence-electron chi connectivity index (χ4n) is 2.38. The van der Waals surface area contributed by atoms with E-state index in [-0.39, 0.29) is 15.2 Å². The molecule has 4 nitrogen and oxygen atoms in total. The van der Waals surface area contributed by atoms with Gasteiger partial charge in [-0.15, -0.1) is 0 Å². The molecule has 1 heterocycles. The van der Waals surface area contributed by atoms with Gasteiger partial charge in [0.25, 0.3) is 0 Å². The van der Waals surface area contributed by atoms with Gasteiger partial charge in [0.05, 0.1) is 4.90 Å². The van der Waals surface area contributed by atoms with Gasteiger partial charge in [-0.25, -0.2) is 12.8 Å². The molecule has 0 saturated heterocycles. The molecule has 1 N–H and O–H groups in total. The summed E-state index contributed by atoms with van der Waals surface area (Å²) in [5, 5.41) is 0.00917. The van der Waals surface area contributed by atoms with Crippen molar-refractivity contribution >= 4 is 20.7 Å². The highest BCUT2D eigenvalue weighted by Crippen LogP contribution is 2.22. The lowest BCUT2D eigenvalue weighted by atomic mass is 10.1. The van der Waals surface area contributed by atoms with E-state index in [4.69, 9.17) is 0 Å². The summed E-state index contributed by atoms with van der Waals surface area (Å²) in [5.74, 6) is -0.594. The predicted molar refractivity (Wildman–Crippen MR) is 85.9 cm³/mol. The van der Waals surface area contributed by atoms with Crippen molar-refractivity contribution in [3.8, 4) is 0 Å². The van der Waals surface area contributed by atoms with E-state index in [0.717, 1.165) is 23.4 Å². The van der Waals surface area contributed by atoms with Gasteiger partial charge in [-0.3, -0.25) is 4.79 Å². The first-order valence-electron chi connectivity index (χ1n) is 6.94. The number of nitrogens with one attached hydrogen (secondary N) is 1. The smallest absolute Gasteiger partial charge is 0.211 e. The SMILES string of the molecule is Cc1ccc(S(=O)(=O)c2c[nH]c3ccc(F)cc3c2=O)cc1C. The Morgan fingerprint density at radius 2 is 1.74 bits per heavy atom. The fourth-order valence-corrected chi connectivity index (χ4v) is 3.78. The van der Waals surface area contributed by atoms with Crippen LogP contribution >= 0.6 is 0 Å². The molecule has 1 aromatic heterocycles. The maximum Gasteiger partial charge on any atom is 0.211 e. The number of fused-ring (bicyclic) bond motifs is 1. The number of pyridine rings is 1. The van der Waals surface area contributed by atoms with Gasteiger partial charge in [0.1, 0.15) is 10.7 Å². The van der Waals surface area contributed by atoms with E-state index in [9.17, 15) is 17.6 Å². The Hall–Kier alpha value is -2.47. The van der Waals surface area contributed by atoms with Crippen molar-refractivity contribution in [2.45, 2.75) is 23.6 Å². The minimum absolute atomic E-state index is 0.00917. The van der Waals surface area contributed by atoms with Gasteiger partial charge in [-0.2, -0.15) is 0 Å². The zero-order valence-corrected chi connectivity index (χ0v) is 13.4. The molecule has 3 rings (SSSR count). The summed E-state index contributed by atoms with van der Waals surface area (Å²) in [7, 11) is -3.98. The van der Waals surface area contributed by atoms with Crippen molar-refractivity contribution in [1.29, 1.82) is 0 Å². The highest BCUT2D eigenvalue weighted by atomic mass is 32.2. The molecule has 0 amide bonds. The number of sulfone groups is 1. The minimum atomic E-state index is -3.98. The van der Waals surface area contributed by atoms with Crippen molar-refractivity contribution in [3.05, 3.63) is 69.8 Å². The molecule has 6 heteroatoms. The number of rotatable bonds is 2. The molecule has 0 fully saturated rings. The summed E-state index contributed by atoms with van der Waals surface area (Å²) >= 11 is 0. The lowest BCUT2D eigenvalue weighted by Crippen LogP contribution is -2.16. The van der Waals surface area contributed by atoms with Gasteiger partial charge in [-0.05, 0) is 55.3 Å². The van der Waals surface area contributed by atoms with Gasteiger partial charge in [0.2, 0.25) is 15.3 Å². The molecule has 0 aliphatic rings. The van der Waals surface area contributed by atoms with Crippen molar-refractivity contribution < 1.29 is 12.8 Å². The summed E-state index contributed by atoms with van der Waals surface area (Å²) in [6.45, 7) is 3.67. The molecule has 0 radical (unpaired) electrons. The molecule has 118 valence electrons. The van der Waals surface area contributed by atoms with Crippen LogP contribution in [0.25, 0.3) is 10.9 Å². The summed E-state index contributed by atoms with van der Waals surface area (Å²) in [5.41, 5.74) is 1.44. The van der Waals surface area contributed by atoms with Crippen LogP contribution in [0, 0.1) is 19.7 Å². The van der Waals surface area contributed by atoms with Gasteiger partial charge in [0, 0.05) is 17.1 Å². The molecular weight excluding hydrogens is 317 g/mol. The van der Waals surface area contributed by atoms with Crippen LogP contribution in [0.4, 0.5) is 4.39 Å². The van der Waals surface area contributed by atoms with E-state index in [0.29, 0.717) is 5.52 Å². The average molecular weight is 331 g/mol. The zero-order valence-electron chi connectivity index (χ0n) is 12.6. The third-order valence-corrected chi connectivity index (χ3v) is 5.64. The molecule has 0 unspecified atom stereocenters. The lowest BCUT2D eigenvalue weighted by molar-refractivity contribution is 0.595. The second-order valence-corrected chi connectivity index (χ2v) is 7.34. The zero-order chi connectivity index (χ0) is 16.8. The number of aromatic nitrogens is 1. The Morgan fingerprint density at radius 3 is 2.43 bits per heavy atom. The first kappa shape index (κ1) is 15.4. The van der Waals surface area contributed by atoms with Crippen LogP contribution in [-0.2, 0) is 9.84 Å². The fraction of sp³-hybridized carbons (Fsp3) is 0.118. The standard InChI is InChI=1S/C17H14FNO3S/c1-10-3-5-13(7-11(10)2)23(21,22)16-9-19-15-6-4-12(18)8-14(15)17(16)20/h3-9H,1-2H3,(H,19,20). The molecule has 23 heavy (non-hydrogen) atoms. The van der Waals surface area contributed by atoms with Crippen LogP contribution in [0.3, 0.4) is 0 Å². The number of H-pyrrole nitrogens is 1. The first-order chi connectivity index (χ1) is 10.8. The largest absolute Gasteiger partial charge is 0.360 e. The Kier molecular flexibility index (Phi) is 3.56. The third-order valence-electron chi connectivity index (χ3n) is 3.89. The predicted octanol–water partition coefficient (Wildman–Crippen LogP) is 3.12. The highest BCUT2D eigenvalue weighted by Gasteiger charge is 2.23. The topological polar surface area (TPSA) is 67.0 Å². The molecule has 0 spiro atoms. The Bertz CT molecular complexity index is 1080. The Labute approximate surface area is 132 Å². The lowest BCUT2D eigenvalue weighted by Gasteiger charge is -2.08. The summed E-state index contributed by atoms with van der Waals surface area (Å²) in [6, 6.07) is 8.33. The molecule has 0 bridgehead atoms. The van der Waals surface area contributed by atoms with Crippen molar-refractivity contribution in [2.75, 3.05) is 0 Å². The quantitative estimate of drug-likeness (QED) is 0.784. The monoisotopic (exact) mass is 331 g/mol. The maximum absolute atomic E-state index is 13.4. The first-order valence-corrected chi connectivity index (χ1v) is 8.42. The van der Waals surface area contributed by atoms with Crippen molar-refractivity contribution in [3.63, 3.8) is 0 Å². The Balaban J connectivity index is 2.28. The summed E-state index contributed by atoms with van der Waals surface area (Å²) < 4.78 is 38.8. The van der Waals surface area contributed by atoms with Crippen LogP contribution in [0.5, 0.6) is 0 Å². The second kappa shape index (κ2) is 5.31. The molecule has 2 aromatic carbocycles. The third kappa shape index (κ3) is 2.55. The van der Waals surface area contributed by atoms with Crippen LogP contribution < -0.4 is 5.43 Å². The van der Waals surface area contributed by atoms with E-state index in [1.165, 1.54) is 24.3 Å². The molecule has 3 aromatic rings. The van der Waals surface area contributed by atoms with Crippen molar-refractivity contribution in [1.82, 2.24) is 4.98 Å². The van der Waals surface area contributed by atoms with Crippen LogP contribution in [-0.4, -0.2) is 13.4 Å². The number of benzene rings is 2. The van der Waals surface area contributed by atoms with E-state index in [1.807, 2.05) is 6.92 Å². The number of hydrogen-bond donors (Lipinski definition) is 1. The molecule has 0 atom stereocenters. The van der Waals surface area contributed by atoms with Gasteiger partial charge in [-0.1, -0.05) is 6.07 Å². The van der Waals surface area contributed by atoms with Crippen LogP contribution in [0.15, 0.2) is 57.2 Å². The number of halogens is 1. The summed E-state index contributed by atoms with van der Waals surface area (Å²) in [4.78, 5) is 14.9. The molecule has 0 aliphatic carbocycles. The highest BCUT2D eigenvalue weighted by molar-refractivity contribution is 7.91. The molecule has 0 saturated carbocycles. The molecule has 0 aliphatic heterocycles.